The zero-order chi connectivity index (χ0) is 78.7. The normalized spacial score (nSPS) is 12.8. The van der Waals surface area contributed by atoms with Gasteiger partial charge in [-0.1, -0.05) is 321 Å². The van der Waals surface area contributed by atoms with E-state index in [9.17, 15) is 0 Å². The second kappa shape index (κ2) is 32.6. The number of unbranched alkanes of at least 4 members (excludes halogenated alkanes) is 6. The Morgan fingerprint density at radius 3 is 1.08 bits per heavy atom. The van der Waals surface area contributed by atoms with Crippen LogP contribution in [-0.4, -0.2) is 7.05 Å². The average molecular weight is 1490 g/mol. The van der Waals surface area contributed by atoms with E-state index in [1.54, 1.807) is 0 Å². The predicted molar refractivity (Wildman–Crippen MR) is 495 cm³/mol. The highest BCUT2D eigenvalue weighted by Gasteiger charge is 2.43. The van der Waals surface area contributed by atoms with Crippen molar-refractivity contribution in [2.24, 2.45) is 0 Å². The Balaban J connectivity index is 0.660. The summed E-state index contributed by atoms with van der Waals surface area (Å²) in [6.07, 6.45) is 16.6. The third kappa shape index (κ3) is 15.1. The summed E-state index contributed by atoms with van der Waals surface area (Å²) in [6.45, 7) is 18.3. The summed E-state index contributed by atoms with van der Waals surface area (Å²) in [5.41, 5.74) is 43.7. The van der Waals surface area contributed by atoms with Crippen molar-refractivity contribution in [2.75, 3.05) is 16.8 Å². The minimum absolute atomic E-state index is 0.0578. The highest BCUT2D eigenvalue weighted by Crippen LogP contribution is 2.57. The molecule has 0 aliphatic heterocycles. The SMILES string of the molecule is C/C=C/c1cccc(-c2cccc(-c3ccc(N(c4ccc(-c5ccc6c(c5)C(CCCCCC)(CCCCCC)c5cc(-c7ccc(C)cc7)ccc5-6)cc4)c4ccc(-c5ccc6c(c5)C(C)(C)c5cc(-c7ccc(N(C)c8cccc(-c9cccc(-c%10cccc(-c%11ccccc%11)c%10)c9)c8)cc7C)ccc5-6)c(C)c4)cc3)c2)c1. The molecule has 2 heteroatoms. The number of anilines is 5. The van der Waals surface area contributed by atoms with Gasteiger partial charge < -0.3 is 9.80 Å². The van der Waals surface area contributed by atoms with E-state index in [1.165, 1.54) is 231 Å². The van der Waals surface area contributed by atoms with Gasteiger partial charge in [0.25, 0.3) is 0 Å². The van der Waals surface area contributed by atoms with Crippen LogP contribution in [0.1, 0.15) is 143 Å². The van der Waals surface area contributed by atoms with E-state index in [-0.39, 0.29) is 10.8 Å². The minimum Gasteiger partial charge on any atom is -0.345 e. The molecule has 0 spiro atoms. The first-order valence-electron chi connectivity index (χ1n) is 42.0. The lowest BCUT2D eigenvalue weighted by atomic mass is 9.70. The Bertz CT molecular complexity index is 6070. The summed E-state index contributed by atoms with van der Waals surface area (Å²) in [5.74, 6) is 0. The molecule has 0 fully saturated rings. The molecule has 2 aliphatic carbocycles. The van der Waals surface area contributed by atoms with E-state index < -0.39 is 0 Å². The van der Waals surface area contributed by atoms with Crippen molar-refractivity contribution in [3.8, 4) is 122 Å². The topological polar surface area (TPSA) is 6.48 Å². The molecule has 2 nitrogen and oxygen atoms in total. The lowest BCUT2D eigenvalue weighted by Crippen LogP contribution is -2.25. The van der Waals surface area contributed by atoms with Crippen LogP contribution in [0.2, 0.25) is 0 Å². The molecule has 0 aromatic heterocycles. The highest BCUT2D eigenvalue weighted by molar-refractivity contribution is 5.91. The average Bonchev–Trinajstić information content (AvgIpc) is 1.56. The largest absolute Gasteiger partial charge is 0.345 e. The number of rotatable bonds is 25. The standard InChI is InChI=1S/C113H104N2/c1-10-13-15-20-64-113(65-21-16-14-11-2)110-73-93(82-42-40-77(4)41-43-82)48-58-106(110)107-59-49-94(74-111(107)113)84-46-54-98(55-47-84)115(97-52-44-83(45-53-97)87-33-24-34-88(70-87)85-31-22-28-80(68-85)27-12-3)101-57-63-103(79(6)67-101)96-51-61-105-104-60-50-95(75-108(104)112(7,8)109(105)76-96)102-62-56-100(66-78(102)5)114(9)99-39-26-38-92(72-99)91-37-25-36-90(71-91)89-35-23-32-86(69-89)81-29-18-17-19-30-81/h12,17-19,22-63,66-76H,10-11,13-16,20-21,64-65H2,1-9H3/b27-12+. The molecule has 0 heterocycles. The molecule has 0 amide bonds. The van der Waals surface area contributed by atoms with Gasteiger partial charge in [0.05, 0.1) is 0 Å². The van der Waals surface area contributed by atoms with Gasteiger partial charge >= 0.3 is 0 Å². The number of nitrogens with zero attached hydrogens (tertiary/aromatic N) is 2. The predicted octanol–water partition coefficient (Wildman–Crippen LogP) is 32.4. The van der Waals surface area contributed by atoms with Gasteiger partial charge in [0, 0.05) is 46.3 Å². The molecule has 0 atom stereocenters. The summed E-state index contributed by atoms with van der Waals surface area (Å²) in [5, 5.41) is 0. The molecule has 115 heavy (non-hydrogen) atoms. The Hall–Kier alpha value is -12.4. The monoisotopic (exact) mass is 1490 g/mol. The van der Waals surface area contributed by atoms with Crippen molar-refractivity contribution < 1.29 is 0 Å². The van der Waals surface area contributed by atoms with E-state index in [1.807, 2.05) is 0 Å². The zero-order valence-electron chi connectivity index (χ0n) is 68.4. The van der Waals surface area contributed by atoms with E-state index in [0.29, 0.717) is 0 Å². The lowest BCUT2D eigenvalue weighted by Gasteiger charge is -2.33. The van der Waals surface area contributed by atoms with Gasteiger partial charge in [-0.05, 0) is 311 Å². The molecule has 0 unspecified atom stereocenters. The van der Waals surface area contributed by atoms with E-state index >= 15 is 0 Å². The van der Waals surface area contributed by atoms with Crippen molar-refractivity contribution in [2.45, 2.75) is 130 Å². The van der Waals surface area contributed by atoms with Crippen LogP contribution in [0.25, 0.3) is 128 Å². The van der Waals surface area contributed by atoms with Crippen LogP contribution in [0.3, 0.4) is 0 Å². The van der Waals surface area contributed by atoms with Gasteiger partial charge in [0.2, 0.25) is 0 Å². The summed E-state index contributed by atoms with van der Waals surface area (Å²) in [4.78, 5) is 4.77. The summed E-state index contributed by atoms with van der Waals surface area (Å²) >= 11 is 0. The minimum atomic E-state index is -0.231. The van der Waals surface area contributed by atoms with Gasteiger partial charge in [-0.3, -0.25) is 0 Å². The van der Waals surface area contributed by atoms with Crippen molar-refractivity contribution in [1.29, 1.82) is 0 Å². The molecular formula is C113H104N2. The molecule has 0 saturated heterocycles. The van der Waals surface area contributed by atoms with Crippen LogP contribution < -0.4 is 9.80 Å². The fraction of sp³-hybridized carbons (Fsp3) is 0.186. The van der Waals surface area contributed by atoms with Crippen LogP contribution in [0.5, 0.6) is 0 Å². The number of allylic oxidation sites excluding steroid dienone is 1. The first kappa shape index (κ1) is 75.3. The number of benzene rings is 15. The number of fused-ring (bicyclic) bond motifs is 6. The summed E-state index contributed by atoms with van der Waals surface area (Å²) in [7, 11) is 2.18. The van der Waals surface area contributed by atoms with Crippen molar-refractivity contribution in [3.05, 3.63) is 384 Å². The van der Waals surface area contributed by atoms with Gasteiger partial charge in [-0.25, -0.2) is 0 Å². The fourth-order valence-corrected chi connectivity index (χ4v) is 18.7. The molecular weight excluding hydrogens is 1390 g/mol. The maximum atomic E-state index is 2.60. The van der Waals surface area contributed by atoms with Crippen LogP contribution in [-0.2, 0) is 10.8 Å². The molecule has 0 bridgehead atoms. The van der Waals surface area contributed by atoms with Crippen LogP contribution >= 0.6 is 0 Å². The third-order valence-corrected chi connectivity index (χ3v) is 25.1. The van der Waals surface area contributed by atoms with E-state index in [2.05, 4.69) is 418 Å². The first-order chi connectivity index (χ1) is 56.2. The van der Waals surface area contributed by atoms with Gasteiger partial charge in [0.15, 0.2) is 0 Å². The van der Waals surface area contributed by atoms with Crippen molar-refractivity contribution in [3.63, 3.8) is 0 Å². The smallest absolute Gasteiger partial charge is 0.0464 e. The molecule has 17 rings (SSSR count). The second-order valence-electron chi connectivity index (χ2n) is 33.0. The fourth-order valence-electron chi connectivity index (χ4n) is 18.7. The molecule has 15 aromatic rings. The van der Waals surface area contributed by atoms with Crippen LogP contribution in [0.15, 0.2) is 340 Å². The highest BCUT2D eigenvalue weighted by atomic mass is 15.1. The Morgan fingerprint density at radius 1 is 0.270 bits per heavy atom. The molecule has 15 aromatic carbocycles. The number of hydrogen-bond acceptors (Lipinski definition) is 2. The van der Waals surface area contributed by atoms with Crippen molar-refractivity contribution in [1.82, 2.24) is 0 Å². The first-order valence-corrected chi connectivity index (χ1v) is 42.0. The Labute approximate surface area is 683 Å². The van der Waals surface area contributed by atoms with Crippen LogP contribution in [0, 0.1) is 20.8 Å². The third-order valence-electron chi connectivity index (χ3n) is 25.1. The zero-order valence-corrected chi connectivity index (χ0v) is 68.4. The molecule has 0 N–H and O–H groups in total. The molecule has 566 valence electrons. The Kier molecular flexibility index (Phi) is 21.4. The number of aryl methyl sites for hydroxylation is 3. The van der Waals surface area contributed by atoms with Gasteiger partial charge in [0.1, 0.15) is 0 Å². The van der Waals surface area contributed by atoms with Gasteiger partial charge in [-0.15, -0.1) is 0 Å². The molecule has 0 saturated carbocycles. The molecule has 2 aliphatic rings. The van der Waals surface area contributed by atoms with Crippen LogP contribution in [0.4, 0.5) is 28.4 Å². The van der Waals surface area contributed by atoms with E-state index in [0.717, 1.165) is 28.4 Å². The number of hydrogen-bond donors (Lipinski definition) is 0. The van der Waals surface area contributed by atoms with Gasteiger partial charge in [-0.2, -0.15) is 0 Å². The quantitative estimate of drug-likeness (QED) is 0.0526. The summed E-state index contributed by atoms with van der Waals surface area (Å²) in [6, 6.07) is 126. The Morgan fingerprint density at radius 2 is 0.609 bits per heavy atom. The maximum Gasteiger partial charge on any atom is 0.0464 e. The molecule has 0 radical (unpaired) electrons. The summed E-state index contributed by atoms with van der Waals surface area (Å²) < 4.78 is 0. The van der Waals surface area contributed by atoms with E-state index in [4.69, 9.17) is 0 Å². The van der Waals surface area contributed by atoms with Crippen molar-refractivity contribution >= 4 is 34.5 Å². The lowest BCUT2D eigenvalue weighted by molar-refractivity contribution is 0.401. The maximum absolute atomic E-state index is 2.60. The second-order valence-corrected chi connectivity index (χ2v) is 33.0.